The molecule has 1 aliphatic carbocycles. The van der Waals surface area contributed by atoms with E-state index in [0.717, 1.165) is 23.4 Å². The highest BCUT2D eigenvalue weighted by molar-refractivity contribution is 5.87. The molecule has 1 aromatic heterocycles. The Kier molecular flexibility index (Phi) is 6.14. The number of nitrogens with zero attached hydrogens (tertiary/aromatic N) is 1. The van der Waals surface area contributed by atoms with Gasteiger partial charge in [0.2, 0.25) is 5.91 Å². The maximum atomic E-state index is 13.9. The number of benzene rings is 2. The average molecular weight is 462 g/mol. The quantitative estimate of drug-likeness (QED) is 0.531. The maximum Gasteiger partial charge on any atom is 0.416 e. The van der Waals surface area contributed by atoms with Crippen molar-refractivity contribution in [3.63, 3.8) is 0 Å². The van der Waals surface area contributed by atoms with Gasteiger partial charge in [-0.3, -0.25) is 9.59 Å². The molecule has 174 valence electrons. The lowest BCUT2D eigenvalue weighted by atomic mass is 9.91. The Hall–Kier alpha value is -3.36. The zero-order valence-electron chi connectivity index (χ0n) is 17.6. The molecule has 0 unspecified atom stereocenters. The first kappa shape index (κ1) is 22.8. The van der Waals surface area contributed by atoms with E-state index < -0.39 is 23.5 Å². The van der Waals surface area contributed by atoms with Crippen LogP contribution in [0.3, 0.4) is 0 Å². The standard InChI is InChI=1S/C24H22F4N2O3/c25-16-5-7-20-18(11-16)19-12-17(6-8-21(19)30(20)13-23(32)33)29-22(31)9-4-14-2-1-3-15(10-14)24(26,27)28/h1-3,5,7,10-11,17H,4,6,8-9,12-13H2,(H,29,31)(H,32,33)/t17-/m0/s1. The van der Waals surface area contributed by atoms with Crippen LogP contribution in [0.4, 0.5) is 17.6 Å². The number of aromatic nitrogens is 1. The van der Waals surface area contributed by atoms with E-state index in [-0.39, 0.29) is 31.3 Å². The summed E-state index contributed by atoms with van der Waals surface area (Å²) in [5.41, 5.74) is 1.97. The Morgan fingerprint density at radius 2 is 1.94 bits per heavy atom. The first-order chi connectivity index (χ1) is 15.6. The van der Waals surface area contributed by atoms with E-state index in [1.54, 1.807) is 16.7 Å². The van der Waals surface area contributed by atoms with Gasteiger partial charge in [-0.25, -0.2) is 4.39 Å². The zero-order valence-corrected chi connectivity index (χ0v) is 17.6. The lowest BCUT2D eigenvalue weighted by Crippen LogP contribution is -2.39. The van der Waals surface area contributed by atoms with Gasteiger partial charge in [0.1, 0.15) is 12.4 Å². The maximum absolute atomic E-state index is 13.9. The predicted molar refractivity (Wildman–Crippen MR) is 113 cm³/mol. The van der Waals surface area contributed by atoms with Crippen LogP contribution in [0.5, 0.6) is 0 Å². The van der Waals surface area contributed by atoms with Gasteiger partial charge in [0, 0.05) is 29.1 Å². The molecule has 0 radical (unpaired) electrons. The minimum Gasteiger partial charge on any atom is -0.480 e. The molecule has 4 rings (SSSR count). The van der Waals surface area contributed by atoms with Crippen LogP contribution < -0.4 is 5.32 Å². The van der Waals surface area contributed by atoms with Gasteiger partial charge in [0.05, 0.1) is 5.56 Å². The van der Waals surface area contributed by atoms with Crippen molar-refractivity contribution in [2.75, 3.05) is 0 Å². The van der Waals surface area contributed by atoms with Crippen molar-refractivity contribution in [1.82, 2.24) is 9.88 Å². The number of carbonyl (C=O) groups excluding carboxylic acids is 1. The molecule has 0 bridgehead atoms. The van der Waals surface area contributed by atoms with Crippen molar-refractivity contribution in [2.45, 2.75) is 50.9 Å². The van der Waals surface area contributed by atoms with Crippen molar-refractivity contribution in [3.05, 3.63) is 70.7 Å². The van der Waals surface area contributed by atoms with E-state index in [1.807, 2.05) is 0 Å². The molecule has 0 aliphatic heterocycles. The number of alkyl halides is 3. The third-order valence-corrected chi connectivity index (χ3v) is 5.98. The molecule has 0 saturated carbocycles. The molecule has 2 N–H and O–H groups in total. The number of rotatable bonds is 6. The third kappa shape index (κ3) is 5.02. The number of hydrogen-bond acceptors (Lipinski definition) is 2. The summed E-state index contributed by atoms with van der Waals surface area (Å²) in [5.74, 6) is -1.70. The Bertz CT molecular complexity index is 1220. The van der Waals surface area contributed by atoms with Crippen LogP contribution in [0.1, 0.15) is 35.2 Å². The van der Waals surface area contributed by atoms with Crippen LogP contribution in [0.2, 0.25) is 0 Å². The summed E-state index contributed by atoms with van der Waals surface area (Å²) in [6.07, 6.45) is -2.68. The normalized spacial score (nSPS) is 15.9. The molecule has 5 nitrogen and oxygen atoms in total. The average Bonchev–Trinajstić information content (AvgIpc) is 3.04. The fourth-order valence-electron chi connectivity index (χ4n) is 4.52. The third-order valence-electron chi connectivity index (χ3n) is 5.98. The van der Waals surface area contributed by atoms with E-state index >= 15 is 0 Å². The molecule has 9 heteroatoms. The van der Waals surface area contributed by atoms with Crippen LogP contribution in [0.25, 0.3) is 10.9 Å². The second-order valence-electron chi connectivity index (χ2n) is 8.27. The van der Waals surface area contributed by atoms with Crippen LogP contribution in [0.15, 0.2) is 42.5 Å². The molecule has 0 saturated heterocycles. The summed E-state index contributed by atoms with van der Waals surface area (Å²) in [6, 6.07) is 8.93. The molecule has 3 aromatic rings. The molecule has 1 aliphatic rings. The van der Waals surface area contributed by atoms with Crippen molar-refractivity contribution in [3.8, 4) is 0 Å². The lowest BCUT2D eigenvalue weighted by molar-refractivity contribution is -0.138. The van der Waals surface area contributed by atoms with Gasteiger partial charge in [0.15, 0.2) is 0 Å². The first-order valence-electron chi connectivity index (χ1n) is 10.6. The Labute approximate surface area is 187 Å². The monoisotopic (exact) mass is 462 g/mol. The molecule has 1 atom stereocenters. The van der Waals surface area contributed by atoms with Crippen LogP contribution in [-0.2, 0) is 41.6 Å². The largest absolute Gasteiger partial charge is 0.480 e. The molecule has 2 aromatic carbocycles. The van der Waals surface area contributed by atoms with Gasteiger partial charge in [-0.05, 0) is 61.1 Å². The molecule has 1 heterocycles. The zero-order chi connectivity index (χ0) is 23.8. The second-order valence-corrected chi connectivity index (χ2v) is 8.27. The number of amides is 1. The number of halogens is 4. The summed E-state index contributed by atoms with van der Waals surface area (Å²) >= 11 is 0. The fourth-order valence-corrected chi connectivity index (χ4v) is 4.52. The smallest absolute Gasteiger partial charge is 0.416 e. The molecular formula is C24H22F4N2O3. The predicted octanol–water partition coefficient (Wildman–Crippen LogP) is 4.49. The topological polar surface area (TPSA) is 71.3 Å². The number of carbonyl (C=O) groups is 2. The van der Waals surface area contributed by atoms with Gasteiger partial charge >= 0.3 is 12.1 Å². The van der Waals surface area contributed by atoms with E-state index in [9.17, 15) is 32.3 Å². The van der Waals surface area contributed by atoms with Crippen LogP contribution >= 0.6 is 0 Å². The Balaban J connectivity index is 1.45. The van der Waals surface area contributed by atoms with Gasteiger partial charge in [0.25, 0.3) is 0 Å². The van der Waals surface area contributed by atoms with Gasteiger partial charge in [-0.15, -0.1) is 0 Å². The Morgan fingerprint density at radius 3 is 2.67 bits per heavy atom. The number of nitrogens with one attached hydrogen (secondary N) is 1. The summed E-state index contributed by atoms with van der Waals surface area (Å²) in [7, 11) is 0. The summed E-state index contributed by atoms with van der Waals surface area (Å²) in [5, 5.41) is 12.8. The number of carboxylic acids is 1. The number of aryl methyl sites for hydroxylation is 1. The Morgan fingerprint density at radius 1 is 1.15 bits per heavy atom. The van der Waals surface area contributed by atoms with Crippen LogP contribution in [-0.4, -0.2) is 27.6 Å². The minimum absolute atomic E-state index is 0.0417. The highest BCUT2D eigenvalue weighted by Gasteiger charge is 2.30. The first-order valence-corrected chi connectivity index (χ1v) is 10.6. The van der Waals surface area contributed by atoms with Gasteiger partial charge < -0.3 is 15.0 Å². The number of carboxylic acid groups (broad SMARTS) is 1. The van der Waals surface area contributed by atoms with Crippen molar-refractivity contribution >= 4 is 22.8 Å². The summed E-state index contributed by atoms with van der Waals surface area (Å²) < 4.78 is 54.2. The van der Waals surface area contributed by atoms with E-state index in [1.165, 1.54) is 18.2 Å². The molecule has 1 amide bonds. The second kappa shape index (κ2) is 8.88. The van der Waals surface area contributed by atoms with Crippen LogP contribution in [0, 0.1) is 5.82 Å². The number of aliphatic carboxylic acids is 1. The van der Waals surface area contributed by atoms with E-state index in [0.29, 0.717) is 35.7 Å². The van der Waals surface area contributed by atoms with Crippen molar-refractivity contribution in [2.24, 2.45) is 0 Å². The SMILES string of the molecule is O=C(O)Cn1c2c(c3cc(F)ccc31)C[C@@H](NC(=O)CCc1cccc(C(F)(F)F)c1)CC2. The van der Waals surface area contributed by atoms with Gasteiger partial charge in [-0.2, -0.15) is 13.2 Å². The van der Waals surface area contributed by atoms with Crippen molar-refractivity contribution in [1.29, 1.82) is 0 Å². The molecule has 33 heavy (non-hydrogen) atoms. The highest BCUT2D eigenvalue weighted by atomic mass is 19.4. The highest BCUT2D eigenvalue weighted by Crippen LogP contribution is 2.33. The fraction of sp³-hybridized carbons (Fsp3) is 0.333. The lowest BCUT2D eigenvalue weighted by Gasteiger charge is -2.25. The minimum atomic E-state index is -4.43. The summed E-state index contributed by atoms with van der Waals surface area (Å²) in [6.45, 7) is -0.231. The molecular weight excluding hydrogens is 440 g/mol. The number of fused-ring (bicyclic) bond motifs is 3. The molecule has 0 fully saturated rings. The summed E-state index contributed by atoms with van der Waals surface area (Å²) in [4.78, 5) is 23.8. The van der Waals surface area contributed by atoms with E-state index in [4.69, 9.17) is 0 Å². The van der Waals surface area contributed by atoms with Crippen molar-refractivity contribution < 1.29 is 32.3 Å². The van der Waals surface area contributed by atoms with Gasteiger partial charge in [-0.1, -0.05) is 18.2 Å². The number of hydrogen-bond donors (Lipinski definition) is 2. The van der Waals surface area contributed by atoms with E-state index in [2.05, 4.69) is 5.32 Å². The molecule has 0 spiro atoms.